The van der Waals surface area contributed by atoms with Crippen molar-refractivity contribution in [2.75, 3.05) is 26.7 Å². The number of fused-ring (bicyclic) bond motifs is 2. The Morgan fingerprint density at radius 1 is 0.976 bits per heavy atom. The van der Waals surface area contributed by atoms with Crippen molar-refractivity contribution < 1.29 is 32.6 Å². The van der Waals surface area contributed by atoms with Crippen LogP contribution < -0.4 is 10.1 Å². The summed E-state index contributed by atoms with van der Waals surface area (Å²) < 4.78 is 44.8. The number of aliphatic carboxylic acids is 1. The van der Waals surface area contributed by atoms with Gasteiger partial charge in [0.1, 0.15) is 18.1 Å². The standard InChI is InChI=1S/C23H23F2NO.C10H10FNO3/c1-15-5-3-7-18-17(15)6-4-8-19(18)23-20-13-26(14-22(24)25)12-11-16(20)9-10-21(23)27-2;1-6-3-2-4-7(11)9(6)10(15)12-5-8(13)14/h3-10,22H,11-14H2,1-2H3;2-4H,5H2,1H3,(H,12,15)(H,13,14). The first-order chi connectivity index (χ1) is 20.1. The zero-order chi connectivity index (χ0) is 30.4. The fraction of sp³-hybridized carbons (Fsp3) is 0.273. The van der Waals surface area contributed by atoms with Crippen LogP contribution in [0.25, 0.3) is 21.9 Å². The summed E-state index contributed by atoms with van der Waals surface area (Å²) in [6, 6.07) is 20.9. The third-order valence-electron chi connectivity index (χ3n) is 7.33. The van der Waals surface area contributed by atoms with Crippen molar-refractivity contribution >= 4 is 22.6 Å². The molecule has 9 heteroatoms. The molecule has 0 bridgehead atoms. The van der Waals surface area contributed by atoms with Gasteiger partial charge in [0.25, 0.3) is 12.3 Å². The molecular formula is C33H33F3N2O4. The number of carbonyl (C=O) groups is 2. The third-order valence-corrected chi connectivity index (χ3v) is 7.33. The monoisotopic (exact) mass is 578 g/mol. The molecule has 0 aliphatic carbocycles. The molecule has 0 saturated carbocycles. The van der Waals surface area contributed by atoms with E-state index < -0.39 is 30.7 Å². The summed E-state index contributed by atoms with van der Waals surface area (Å²) in [4.78, 5) is 23.4. The summed E-state index contributed by atoms with van der Waals surface area (Å²) in [5, 5.41) is 12.8. The number of aryl methyl sites for hydroxylation is 2. The Hall–Kier alpha value is -4.37. The van der Waals surface area contributed by atoms with Crippen LogP contribution in [0, 0.1) is 19.7 Å². The van der Waals surface area contributed by atoms with E-state index in [1.165, 1.54) is 22.6 Å². The summed E-state index contributed by atoms with van der Waals surface area (Å²) in [5.74, 6) is -1.75. The van der Waals surface area contributed by atoms with Gasteiger partial charge in [-0.05, 0) is 71.0 Å². The van der Waals surface area contributed by atoms with E-state index in [4.69, 9.17) is 9.84 Å². The van der Waals surface area contributed by atoms with Gasteiger partial charge in [-0.3, -0.25) is 14.5 Å². The topological polar surface area (TPSA) is 78.9 Å². The number of carboxylic acids is 1. The van der Waals surface area contributed by atoms with Crippen LogP contribution in [0.1, 0.15) is 32.6 Å². The molecule has 42 heavy (non-hydrogen) atoms. The van der Waals surface area contributed by atoms with Crippen molar-refractivity contribution in [2.45, 2.75) is 33.2 Å². The second kappa shape index (κ2) is 13.5. The molecule has 0 saturated heterocycles. The number of carboxylic acid groups (broad SMARTS) is 1. The SMILES string of the molecule is COc1ccc2c(c1-c1cccc3c(C)cccc13)CN(CC(F)F)CC2.Cc1cccc(F)c1C(=O)NCC(=O)O. The zero-order valence-corrected chi connectivity index (χ0v) is 23.7. The Morgan fingerprint density at radius 2 is 1.67 bits per heavy atom. The van der Waals surface area contributed by atoms with Crippen molar-refractivity contribution in [1.82, 2.24) is 10.2 Å². The number of rotatable bonds is 7. The fourth-order valence-electron chi connectivity index (χ4n) is 5.33. The summed E-state index contributed by atoms with van der Waals surface area (Å²) in [7, 11) is 1.67. The zero-order valence-electron chi connectivity index (χ0n) is 23.7. The van der Waals surface area contributed by atoms with Gasteiger partial charge in [-0.25, -0.2) is 13.2 Å². The predicted octanol–water partition coefficient (Wildman–Crippen LogP) is 6.40. The van der Waals surface area contributed by atoms with Crippen molar-refractivity contribution in [3.05, 3.63) is 100 Å². The average Bonchev–Trinajstić information content (AvgIpc) is 2.95. The number of nitrogens with one attached hydrogen (secondary N) is 1. The van der Waals surface area contributed by atoms with Gasteiger partial charge in [0.05, 0.1) is 19.2 Å². The Kier molecular flexibility index (Phi) is 9.85. The maximum absolute atomic E-state index is 13.2. The number of ether oxygens (including phenoxy) is 1. The Labute approximate surface area is 242 Å². The Bertz CT molecular complexity index is 1590. The first-order valence-corrected chi connectivity index (χ1v) is 13.5. The van der Waals surface area contributed by atoms with E-state index in [2.05, 4.69) is 54.7 Å². The largest absolute Gasteiger partial charge is 0.496 e. The molecule has 0 radical (unpaired) electrons. The van der Waals surface area contributed by atoms with E-state index in [0.717, 1.165) is 40.3 Å². The van der Waals surface area contributed by atoms with E-state index in [0.29, 0.717) is 18.7 Å². The van der Waals surface area contributed by atoms with Gasteiger partial charge < -0.3 is 15.2 Å². The van der Waals surface area contributed by atoms with E-state index in [1.807, 2.05) is 11.0 Å². The lowest BCUT2D eigenvalue weighted by atomic mass is 9.87. The van der Waals surface area contributed by atoms with Crippen LogP contribution in [0.3, 0.4) is 0 Å². The molecule has 220 valence electrons. The highest BCUT2D eigenvalue weighted by molar-refractivity contribution is 6.00. The number of hydrogen-bond acceptors (Lipinski definition) is 4. The lowest BCUT2D eigenvalue weighted by Gasteiger charge is -2.31. The molecule has 4 aromatic carbocycles. The van der Waals surface area contributed by atoms with Gasteiger partial charge in [0.15, 0.2) is 0 Å². The van der Waals surface area contributed by atoms with Crippen molar-refractivity contribution in [3.8, 4) is 16.9 Å². The maximum Gasteiger partial charge on any atom is 0.322 e. The van der Waals surface area contributed by atoms with Crippen LogP contribution in [0.5, 0.6) is 5.75 Å². The van der Waals surface area contributed by atoms with E-state index in [-0.39, 0.29) is 12.1 Å². The van der Waals surface area contributed by atoms with E-state index in [1.54, 1.807) is 20.1 Å². The molecule has 2 N–H and O–H groups in total. The first-order valence-electron chi connectivity index (χ1n) is 13.5. The van der Waals surface area contributed by atoms with Crippen LogP contribution in [-0.4, -0.2) is 55.1 Å². The molecule has 4 aromatic rings. The molecule has 0 spiro atoms. The Balaban J connectivity index is 0.000000230. The predicted molar refractivity (Wildman–Crippen MR) is 157 cm³/mol. The number of carbonyl (C=O) groups excluding carboxylic acids is 1. The normalized spacial score (nSPS) is 12.8. The molecule has 6 nitrogen and oxygen atoms in total. The molecule has 5 rings (SSSR count). The highest BCUT2D eigenvalue weighted by Crippen LogP contribution is 2.41. The molecule has 0 aromatic heterocycles. The summed E-state index contributed by atoms with van der Waals surface area (Å²) in [5.41, 5.74) is 6.04. The van der Waals surface area contributed by atoms with Gasteiger partial charge >= 0.3 is 5.97 Å². The summed E-state index contributed by atoms with van der Waals surface area (Å²) in [6.45, 7) is 4.16. The fourth-order valence-corrected chi connectivity index (χ4v) is 5.33. The highest BCUT2D eigenvalue weighted by Gasteiger charge is 2.25. The second-order valence-electron chi connectivity index (χ2n) is 10.1. The van der Waals surface area contributed by atoms with Crippen LogP contribution in [0.4, 0.5) is 13.2 Å². The minimum Gasteiger partial charge on any atom is -0.496 e. The average molecular weight is 579 g/mol. The van der Waals surface area contributed by atoms with Crippen LogP contribution in [0.15, 0.2) is 66.7 Å². The minimum atomic E-state index is -2.32. The number of amides is 1. The molecule has 0 atom stereocenters. The molecule has 1 amide bonds. The molecular weight excluding hydrogens is 545 g/mol. The number of alkyl halides is 2. The van der Waals surface area contributed by atoms with E-state index in [9.17, 15) is 22.8 Å². The number of nitrogens with zero attached hydrogens (tertiary/aromatic N) is 1. The van der Waals surface area contributed by atoms with Gasteiger partial charge in [-0.1, -0.05) is 54.6 Å². The quantitative estimate of drug-likeness (QED) is 0.266. The van der Waals surface area contributed by atoms with Crippen molar-refractivity contribution in [2.24, 2.45) is 0 Å². The van der Waals surface area contributed by atoms with Crippen molar-refractivity contribution in [3.63, 3.8) is 0 Å². The van der Waals surface area contributed by atoms with Gasteiger partial charge in [-0.2, -0.15) is 0 Å². The smallest absolute Gasteiger partial charge is 0.322 e. The lowest BCUT2D eigenvalue weighted by Crippen LogP contribution is -2.34. The number of benzene rings is 4. The van der Waals surface area contributed by atoms with Gasteiger partial charge in [0.2, 0.25) is 0 Å². The second-order valence-corrected chi connectivity index (χ2v) is 10.1. The number of halogens is 3. The highest BCUT2D eigenvalue weighted by atomic mass is 19.3. The third kappa shape index (κ3) is 6.91. The van der Waals surface area contributed by atoms with Gasteiger partial charge in [-0.15, -0.1) is 0 Å². The van der Waals surface area contributed by atoms with Gasteiger partial charge in [0, 0.05) is 18.7 Å². The first kappa shape index (κ1) is 30.6. The number of hydrogen-bond donors (Lipinski definition) is 2. The molecule has 1 aliphatic rings. The summed E-state index contributed by atoms with van der Waals surface area (Å²) >= 11 is 0. The Morgan fingerprint density at radius 3 is 2.36 bits per heavy atom. The number of methoxy groups -OCH3 is 1. The van der Waals surface area contributed by atoms with E-state index >= 15 is 0 Å². The van der Waals surface area contributed by atoms with Crippen LogP contribution in [0.2, 0.25) is 0 Å². The molecule has 0 fully saturated rings. The van der Waals surface area contributed by atoms with Crippen LogP contribution >= 0.6 is 0 Å². The van der Waals surface area contributed by atoms with Crippen molar-refractivity contribution in [1.29, 1.82) is 0 Å². The molecule has 0 unspecified atom stereocenters. The lowest BCUT2D eigenvalue weighted by molar-refractivity contribution is -0.135. The summed E-state index contributed by atoms with van der Waals surface area (Å²) in [6.07, 6.45) is -1.54. The maximum atomic E-state index is 13.2. The molecule has 1 heterocycles. The van der Waals surface area contributed by atoms with Crippen LogP contribution in [-0.2, 0) is 17.8 Å². The molecule has 1 aliphatic heterocycles. The minimum absolute atomic E-state index is 0.112.